The van der Waals surface area contributed by atoms with Crippen molar-refractivity contribution in [2.75, 3.05) is 11.4 Å². The molecule has 0 bridgehead atoms. The summed E-state index contributed by atoms with van der Waals surface area (Å²) in [7, 11) is 0. The minimum absolute atomic E-state index is 0.0218. The number of benzene rings is 2. The number of hydrogen-bond acceptors (Lipinski definition) is 3. The fourth-order valence-electron chi connectivity index (χ4n) is 2.83. The molecule has 2 atom stereocenters. The SMILES string of the molecule is N#Cc1ccc(N2C[C@@H](O)C[C@@H]2c2ccc(F)cc2)cc1. The summed E-state index contributed by atoms with van der Waals surface area (Å²) in [5.41, 5.74) is 2.55. The maximum absolute atomic E-state index is 13.1. The number of β-amino-alcohol motifs (C(OH)–C–C–N with tert-alkyl or cyclic N) is 1. The number of aliphatic hydroxyl groups is 1. The van der Waals surface area contributed by atoms with Gasteiger partial charge in [-0.2, -0.15) is 5.26 Å². The third kappa shape index (κ3) is 2.74. The Hall–Kier alpha value is -2.38. The number of rotatable bonds is 2. The molecule has 0 amide bonds. The second-order valence-corrected chi connectivity index (χ2v) is 5.27. The predicted molar refractivity (Wildman–Crippen MR) is 78.3 cm³/mol. The second-order valence-electron chi connectivity index (χ2n) is 5.27. The molecule has 1 N–H and O–H groups in total. The van der Waals surface area contributed by atoms with Crippen molar-refractivity contribution < 1.29 is 9.50 Å². The van der Waals surface area contributed by atoms with Crippen LogP contribution in [0.15, 0.2) is 48.5 Å². The van der Waals surface area contributed by atoms with E-state index in [0.717, 1.165) is 11.3 Å². The molecule has 3 nitrogen and oxygen atoms in total. The number of nitriles is 1. The van der Waals surface area contributed by atoms with Gasteiger partial charge in [-0.1, -0.05) is 12.1 Å². The van der Waals surface area contributed by atoms with Gasteiger partial charge in [0, 0.05) is 12.2 Å². The Morgan fingerprint density at radius 2 is 1.76 bits per heavy atom. The van der Waals surface area contributed by atoms with Gasteiger partial charge in [-0.05, 0) is 48.4 Å². The lowest BCUT2D eigenvalue weighted by molar-refractivity contribution is 0.194. The van der Waals surface area contributed by atoms with Crippen molar-refractivity contribution in [2.45, 2.75) is 18.6 Å². The number of halogens is 1. The fourth-order valence-corrected chi connectivity index (χ4v) is 2.83. The van der Waals surface area contributed by atoms with E-state index < -0.39 is 6.10 Å². The van der Waals surface area contributed by atoms with Crippen molar-refractivity contribution in [1.29, 1.82) is 5.26 Å². The highest BCUT2D eigenvalue weighted by atomic mass is 19.1. The van der Waals surface area contributed by atoms with Crippen LogP contribution in [-0.2, 0) is 0 Å². The van der Waals surface area contributed by atoms with Crippen molar-refractivity contribution in [3.63, 3.8) is 0 Å². The highest BCUT2D eigenvalue weighted by Crippen LogP contribution is 2.36. The first-order chi connectivity index (χ1) is 10.2. The van der Waals surface area contributed by atoms with Gasteiger partial charge in [0.15, 0.2) is 0 Å². The van der Waals surface area contributed by atoms with Gasteiger partial charge in [-0.15, -0.1) is 0 Å². The molecule has 1 aliphatic rings. The van der Waals surface area contributed by atoms with Crippen LogP contribution in [0.1, 0.15) is 23.6 Å². The zero-order chi connectivity index (χ0) is 14.8. The third-order valence-electron chi connectivity index (χ3n) is 3.86. The van der Waals surface area contributed by atoms with Crippen LogP contribution in [-0.4, -0.2) is 17.8 Å². The zero-order valence-corrected chi connectivity index (χ0v) is 11.4. The van der Waals surface area contributed by atoms with Crippen LogP contribution in [0.25, 0.3) is 0 Å². The van der Waals surface area contributed by atoms with Crippen LogP contribution < -0.4 is 4.90 Å². The normalized spacial score (nSPS) is 21.3. The maximum Gasteiger partial charge on any atom is 0.123 e. The number of anilines is 1. The van der Waals surface area contributed by atoms with Crippen LogP contribution in [0.3, 0.4) is 0 Å². The van der Waals surface area contributed by atoms with E-state index in [1.54, 1.807) is 24.3 Å². The number of hydrogen-bond donors (Lipinski definition) is 1. The first-order valence-corrected chi connectivity index (χ1v) is 6.87. The first-order valence-electron chi connectivity index (χ1n) is 6.87. The minimum atomic E-state index is -0.407. The van der Waals surface area contributed by atoms with Crippen molar-refractivity contribution in [2.24, 2.45) is 0 Å². The molecule has 21 heavy (non-hydrogen) atoms. The molecule has 4 heteroatoms. The molecule has 2 aromatic carbocycles. The van der Waals surface area contributed by atoms with E-state index in [9.17, 15) is 9.50 Å². The highest BCUT2D eigenvalue weighted by Gasteiger charge is 2.32. The molecule has 1 aliphatic heterocycles. The lowest BCUT2D eigenvalue weighted by Gasteiger charge is -2.27. The van der Waals surface area contributed by atoms with Crippen molar-refractivity contribution in [3.05, 3.63) is 65.5 Å². The maximum atomic E-state index is 13.1. The molecule has 1 saturated heterocycles. The lowest BCUT2D eigenvalue weighted by Crippen LogP contribution is -2.24. The zero-order valence-electron chi connectivity index (χ0n) is 11.4. The molecule has 0 aliphatic carbocycles. The van der Waals surface area contributed by atoms with Gasteiger partial charge >= 0.3 is 0 Å². The molecule has 0 spiro atoms. The van der Waals surface area contributed by atoms with Crippen LogP contribution in [0, 0.1) is 17.1 Å². The molecule has 106 valence electrons. The van der Waals surface area contributed by atoms with Gasteiger partial charge in [-0.25, -0.2) is 4.39 Å². The lowest BCUT2D eigenvalue weighted by atomic mass is 10.0. The molecule has 0 aromatic heterocycles. The van der Waals surface area contributed by atoms with Gasteiger partial charge in [0.25, 0.3) is 0 Å². The molecule has 1 fully saturated rings. The number of aliphatic hydroxyl groups excluding tert-OH is 1. The summed E-state index contributed by atoms with van der Waals surface area (Å²) in [6.45, 7) is 0.536. The topological polar surface area (TPSA) is 47.3 Å². The largest absolute Gasteiger partial charge is 0.391 e. The summed E-state index contributed by atoms with van der Waals surface area (Å²) in [4.78, 5) is 2.10. The van der Waals surface area contributed by atoms with Crippen LogP contribution in [0.4, 0.5) is 10.1 Å². The summed E-state index contributed by atoms with van der Waals surface area (Å²) in [6.07, 6.45) is 0.210. The Kier molecular flexibility index (Phi) is 3.59. The first kappa shape index (κ1) is 13.6. The summed E-state index contributed by atoms with van der Waals surface area (Å²) in [5.74, 6) is -0.262. The Morgan fingerprint density at radius 1 is 1.10 bits per heavy atom. The Labute approximate surface area is 122 Å². The van der Waals surface area contributed by atoms with E-state index >= 15 is 0 Å². The number of nitrogens with zero attached hydrogens (tertiary/aromatic N) is 2. The fraction of sp³-hybridized carbons (Fsp3) is 0.235. The molecule has 0 radical (unpaired) electrons. The van der Waals surface area contributed by atoms with E-state index in [1.165, 1.54) is 12.1 Å². The monoisotopic (exact) mass is 282 g/mol. The summed E-state index contributed by atoms with van der Waals surface area (Å²) < 4.78 is 13.1. The Balaban J connectivity index is 1.91. The molecular weight excluding hydrogens is 267 g/mol. The summed E-state index contributed by atoms with van der Waals surface area (Å²) in [5, 5.41) is 18.8. The smallest absolute Gasteiger partial charge is 0.123 e. The molecule has 0 unspecified atom stereocenters. The van der Waals surface area contributed by atoms with Gasteiger partial charge in [-0.3, -0.25) is 0 Å². The van der Waals surface area contributed by atoms with Crippen molar-refractivity contribution in [3.8, 4) is 6.07 Å². The van der Waals surface area contributed by atoms with Gasteiger partial charge in [0.2, 0.25) is 0 Å². The van der Waals surface area contributed by atoms with E-state index in [0.29, 0.717) is 18.5 Å². The van der Waals surface area contributed by atoms with E-state index in [4.69, 9.17) is 5.26 Å². The molecule has 1 heterocycles. The quantitative estimate of drug-likeness (QED) is 0.921. The van der Waals surface area contributed by atoms with Gasteiger partial charge < -0.3 is 10.0 Å². The van der Waals surface area contributed by atoms with Crippen LogP contribution in [0.5, 0.6) is 0 Å². The summed E-state index contributed by atoms with van der Waals surface area (Å²) >= 11 is 0. The Morgan fingerprint density at radius 3 is 2.38 bits per heavy atom. The molecule has 3 rings (SSSR count). The molecule has 2 aromatic rings. The highest BCUT2D eigenvalue weighted by molar-refractivity contribution is 5.53. The second kappa shape index (κ2) is 5.55. The van der Waals surface area contributed by atoms with E-state index in [1.807, 2.05) is 12.1 Å². The average molecular weight is 282 g/mol. The van der Waals surface area contributed by atoms with Crippen molar-refractivity contribution >= 4 is 5.69 Å². The standard InChI is InChI=1S/C17H15FN2O/c18-14-5-3-13(4-6-14)17-9-16(21)11-20(17)15-7-1-12(10-19)2-8-15/h1-8,16-17,21H,9,11H2/t16-,17+/m0/s1. The molecular formula is C17H15FN2O. The predicted octanol–water partition coefficient (Wildman–Crippen LogP) is 3.01. The van der Waals surface area contributed by atoms with Gasteiger partial charge in [0.05, 0.1) is 23.8 Å². The van der Waals surface area contributed by atoms with Crippen LogP contribution >= 0.6 is 0 Å². The Bertz CT molecular complexity index is 661. The summed E-state index contributed by atoms with van der Waals surface area (Å²) in [6, 6.07) is 15.8. The van der Waals surface area contributed by atoms with Crippen LogP contribution in [0.2, 0.25) is 0 Å². The minimum Gasteiger partial charge on any atom is -0.391 e. The average Bonchev–Trinajstić information content (AvgIpc) is 2.90. The van der Waals surface area contributed by atoms with Crippen molar-refractivity contribution in [1.82, 2.24) is 0 Å². The molecule has 0 saturated carbocycles. The van der Waals surface area contributed by atoms with Gasteiger partial charge in [0.1, 0.15) is 5.82 Å². The van der Waals surface area contributed by atoms with E-state index in [-0.39, 0.29) is 11.9 Å². The third-order valence-corrected chi connectivity index (χ3v) is 3.86. The van der Waals surface area contributed by atoms with E-state index in [2.05, 4.69) is 11.0 Å².